The van der Waals surface area contributed by atoms with Crippen molar-refractivity contribution < 1.29 is 23.4 Å². The van der Waals surface area contributed by atoms with Crippen molar-refractivity contribution in [1.29, 1.82) is 0 Å². The second-order valence-corrected chi connectivity index (χ2v) is 5.72. The molecule has 1 aromatic rings. The quantitative estimate of drug-likeness (QED) is 0.700. The summed E-state index contributed by atoms with van der Waals surface area (Å²) in [6.45, 7) is 1.12. The van der Waals surface area contributed by atoms with E-state index in [4.69, 9.17) is 10.2 Å². The van der Waals surface area contributed by atoms with Crippen molar-refractivity contribution in [3.05, 3.63) is 16.3 Å². The molecule has 90 valence electrons. The van der Waals surface area contributed by atoms with Crippen molar-refractivity contribution in [2.24, 2.45) is 0 Å². The van der Waals surface area contributed by atoms with E-state index in [1.165, 1.54) is 18.4 Å². The van der Waals surface area contributed by atoms with Crippen LogP contribution in [0.3, 0.4) is 0 Å². The molecule has 0 bridgehead atoms. The molecule has 1 aromatic heterocycles. The van der Waals surface area contributed by atoms with Crippen LogP contribution in [-0.4, -0.2) is 37.2 Å². The normalized spacial score (nSPS) is 13.6. The first-order valence-corrected chi connectivity index (χ1v) is 6.68. The highest BCUT2D eigenvalue weighted by Gasteiger charge is 2.24. The molecule has 6 nitrogen and oxygen atoms in total. The fraction of sp³-hybridized carbons (Fsp3) is 0.375. The minimum Gasteiger partial charge on any atom is -0.477 e. The van der Waals surface area contributed by atoms with Gasteiger partial charge in [-0.25, -0.2) is 17.9 Å². The summed E-state index contributed by atoms with van der Waals surface area (Å²) < 4.78 is 25.6. The Hall–Kier alpha value is -0.960. The third kappa shape index (κ3) is 2.79. The van der Waals surface area contributed by atoms with E-state index in [1.807, 2.05) is 0 Å². The molecule has 0 saturated carbocycles. The third-order valence-electron chi connectivity index (χ3n) is 1.74. The number of nitrogens with one attached hydrogen (secondary N) is 1. The van der Waals surface area contributed by atoms with Crippen LogP contribution in [0.4, 0.5) is 0 Å². The van der Waals surface area contributed by atoms with Gasteiger partial charge in [0.2, 0.25) is 10.0 Å². The predicted molar refractivity (Wildman–Crippen MR) is 58.1 cm³/mol. The number of sulfonamides is 1. The zero-order valence-corrected chi connectivity index (χ0v) is 10.0. The fourth-order valence-electron chi connectivity index (χ4n) is 1.03. The monoisotopic (exact) mass is 265 g/mol. The minimum atomic E-state index is -3.88. The summed E-state index contributed by atoms with van der Waals surface area (Å²) in [4.78, 5) is 10.2. The lowest BCUT2D eigenvalue weighted by Crippen LogP contribution is -2.35. The molecule has 0 radical (unpaired) electrons. The Morgan fingerprint density at radius 3 is 2.75 bits per heavy atom. The van der Waals surface area contributed by atoms with Crippen molar-refractivity contribution in [2.75, 3.05) is 6.61 Å². The highest BCUT2D eigenvalue weighted by atomic mass is 32.2. The highest BCUT2D eigenvalue weighted by Crippen LogP contribution is 2.21. The largest absolute Gasteiger partial charge is 0.477 e. The van der Waals surface area contributed by atoms with Gasteiger partial charge in [-0.1, -0.05) is 0 Å². The summed E-state index contributed by atoms with van der Waals surface area (Å²) in [6, 6.07) is 0.562. The Morgan fingerprint density at radius 2 is 2.25 bits per heavy atom. The highest BCUT2D eigenvalue weighted by molar-refractivity contribution is 7.89. The maximum absolute atomic E-state index is 11.7. The van der Waals surface area contributed by atoms with Gasteiger partial charge in [-0.15, -0.1) is 11.3 Å². The Morgan fingerprint density at radius 1 is 1.62 bits per heavy atom. The Bertz CT molecular complexity index is 478. The van der Waals surface area contributed by atoms with Crippen LogP contribution in [0, 0.1) is 0 Å². The number of carbonyl (C=O) groups is 1. The minimum absolute atomic E-state index is 0.238. The van der Waals surface area contributed by atoms with E-state index in [-0.39, 0.29) is 16.4 Å². The molecule has 0 saturated heterocycles. The maximum Gasteiger partial charge on any atom is 0.347 e. The summed E-state index contributed by atoms with van der Waals surface area (Å²) in [5.74, 6) is -1.29. The van der Waals surface area contributed by atoms with Gasteiger partial charge in [0.25, 0.3) is 0 Å². The number of aliphatic hydroxyl groups is 1. The lowest BCUT2D eigenvalue weighted by Gasteiger charge is -2.10. The van der Waals surface area contributed by atoms with Crippen molar-refractivity contribution >= 4 is 27.3 Å². The number of aliphatic hydroxyl groups excluding tert-OH is 1. The van der Waals surface area contributed by atoms with Crippen LogP contribution in [0.25, 0.3) is 0 Å². The average molecular weight is 265 g/mol. The van der Waals surface area contributed by atoms with Crippen molar-refractivity contribution in [3.8, 4) is 0 Å². The number of thiophene rings is 1. The Kier molecular flexibility index (Phi) is 4.03. The fourth-order valence-corrected chi connectivity index (χ4v) is 3.53. The summed E-state index contributed by atoms with van der Waals surface area (Å²) >= 11 is 0.838. The second-order valence-electron chi connectivity index (χ2n) is 3.12. The molecule has 0 amide bonds. The molecule has 0 spiro atoms. The topological polar surface area (TPSA) is 104 Å². The third-order valence-corrected chi connectivity index (χ3v) is 4.41. The first-order valence-electron chi connectivity index (χ1n) is 4.32. The lowest BCUT2D eigenvalue weighted by atomic mass is 10.4. The molecule has 1 heterocycles. The van der Waals surface area contributed by atoms with Gasteiger partial charge in [0, 0.05) is 6.04 Å². The molecule has 1 rings (SSSR count). The van der Waals surface area contributed by atoms with E-state index < -0.39 is 22.0 Å². The van der Waals surface area contributed by atoms with Crippen LogP contribution >= 0.6 is 11.3 Å². The van der Waals surface area contributed by atoms with Crippen LogP contribution in [-0.2, 0) is 10.0 Å². The van der Waals surface area contributed by atoms with E-state index in [1.54, 1.807) is 0 Å². The molecule has 1 atom stereocenters. The van der Waals surface area contributed by atoms with Crippen LogP contribution in [0.5, 0.6) is 0 Å². The zero-order chi connectivity index (χ0) is 12.3. The van der Waals surface area contributed by atoms with Crippen LogP contribution < -0.4 is 4.72 Å². The lowest BCUT2D eigenvalue weighted by molar-refractivity contribution is 0.0698. The molecular formula is C8H11NO5S2. The number of aromatic carboxylic acids is 1. The van der Waals surface area contributed by atoms with Crippen molar-refractivity contribution in [2.45, 2.75) is 17.9 Å². The van der Waals surface area contributed by atoms with Gasteiger partial charge in [-0.2, -0.15) is 0 Å². The molecule has 0 aliphatic rings. The number of rotatable bonds is 5. The summed E-state index contributed by atoms with van der Waals surface area (Å²) in [7, 11) is -3.88. The number of hydrogen-bond donors (Lipinski definition) is 3. The molecule has 3 N–H and O–H groups in total. The van der Waals surface area contributed by atoms with Gasteiger partial charge in [0.05, 0.1) is 6.61 Å². The van der Waals surface area contributed by atoms with Gasteiger partial charge in [0.1, 0.15) is 9.77 Å². The predicted octanol–water partition coefficient (Wildman–Crippen LogP) is 0.105. The summed E-state index contributed by atoms with van der Waals surface area (Å²) in [5, 5.41) is 18.9. The second kappa shape index (κ2) is 4.91. The van der Waals surface area contributed by atoms with Gasteiger partial charge >= 0.3 is 5.97 Å². The number of carboxylic acids is 1. The number of hydrogen-bond acceptors (Lipinski definition) is 5. The SMILES string of the molecule is C[C@@H](CO)NS(=O)(=O)c1ccsc1C(=O)O. The zero-order valence-electron chi connectivity index (χ0n) is 8.37. The molecule has 8 heteroatoms. The molecule has 0 aliphatic carbocycles. The summed E-state index contributed by atoms with van der Waals surface area (Å²) in [6.07, 6.45) is 0. The standard InChI is InChI=1S/C8H11NO5S2/c1-5(4-10)9-16(13,14)6-2-3-15-7(6)8(11)12/h2-3,5,9-10H,4H2,1H3,(H,11,12)/t5-/m0/s1. The van der Waals surface area contributed by atoms with E-state index in [9.17, 15) is 13.2 Å². The van der Waals surface area contributed by atoms with E-state index in [0.29, 0.717) is 0 Å². The molecule has 16 heavy (non-hydrogen) atoms. The van der Waals surface area contributed by atoms with Crippen molar-refractivity contribution in [1.82, 2.24) is 4.72 Å². The van der Waals surface area contributed by atoms with Crippen LogP contribution in [0.2, 0.25) is 0 Å². The van der Waals surface area contributed by atoms with E-state index >= 15 is 0 Å². The molecule has 0 fully saturated rings. The first-order chi connectivity index (χ1) is 7.38. The van der Waals surface area contributed by atoms with Gasteiger partial charge < -0.3 is 10.2 Å². The van der Waals surface area contributed by atoms with Crippen molar-refractivity contribution in [3.63, 3.8) is 0 Å². The number of carboxylic acid groups (broad SMARTS) is 1. The summed E-state index contributed by atoms with van der Waals surface area (Å²) in [5.41, 5.74) is 0. The van der Waals surface area contributed by atoms with E-state index in [2.05, 4.69) is 4.72 Å². The molecule has 0 aromatic carbocycles. The van der Waals surface area contributed by atoms with Gasteiger partial charge in [0.15, 0.2) is 0 Å². The molecule has 0 unspecified atom stereocenters. The maximum atomic E-state index is 11.7. The van der Waals surface area contributed by atoms with Gasteiger partial charge in [-0.3, -0.25) is 0 Å². The first kappa shape index (κ1) is 13.1. The van der Waals surface area contributed by atoms with Crippen LogP contribution in [0.15, 0.2) is 16.3 Å². The Balaban J connectivity index is 3.08. The molecule has 0 aliphatic heterocycles. The van der Waals surface area contributed by atoms with Crippen LogP contribution in [0.1, 0.15) is 16.6 Å². The molecular weight excluding hydrogens is 254 g/mol. The average Bonchev–Trinajstić information content (AvgIpc) is 2.65. The van der Waals surface area contributed by atoms with Gasteiger partial charge in [-0.05, 0) is 18.4 Å². The smallest absolute Gasteiger partial charge is 0.347 e. The van der Waals surface area contributed by atoms with E-state index in [0.717, 1.165) is 11.3 Å². The Labute approximate surface area is 96.6 Å².